The Morgan fingerprint density at radius 3 is 2.20 bits per heavy atom. The highest BCUT2D eigenvalue weighted by Crippen LogP contribution is 2.17. The predicted octanol–water partition coefficient (Wildman–Crippen LogP) is 2.34. The number of esters is 1. The van der Waals surface area contributed by atoms with Gasteiger partial charge in [0.25, 0.3) is 0 Å². The van der Waals surface area contributed by atoms with Crippen LogP contribution in [0.2, 0.25) is 0 Å². The number of rotatable bonds is 5. The highest BCUT2D eigenvalue weighted by molar-refractivity contribution is 5.70. The SMILES string of the molecule is CC(C)CC(CN)CC(=O)OC(C)(C)C. The zero-order chi connectivity index (χ0) is 12.1. The van der Waals surface area contributed by atoms with E-state index in [2.05, 4.69) is 13.8 Å². The minimum atomic E-state index is -0.395. The standard InChI is InChI=1S/C12H25NO2/c1-9(2)6-10(8-13)7-11(14)15-12(3,4)5/h9-10H,6-8,13H2,1-5H3. The van der Waals surface area contributed by atoms with Crippen molar-refractivity contribution < 1.29 is 9.53 Å². The summed E-state index contributed by atoms with van der Waals surface area (Å²) in [5.41, 5.74) is 5.23. The molecule has 15 heavy (non-hydrogen) atoms. The average molecular weight is 215 g/mol. The third-order valence-corrected chi connectivity index (χ3v) is 2.01. The van der Waals surface area contributed by atoms with Gasteiger partial charge in [0.15, 0.2) is 0 Å². The van der Waals surface area contributed by atoms with Gasteiger partial charge < -0.3 is 10.5 Å². The maximum absolute atomic E-state index is 11.5. The first-order chi connectivity index (χ1) is 6.74. The molecule has 0 spiro atoms. The number of ether oxygens (including phenoxy) is 1. The normalized spacial score (nSPS) is 14.1. The maximum atomic E-state index is 11.5. The highest BCUT2D eigenvalue weighted by atomic mass is 16.6. The lowest BCUT2D eigenvalue weighted by molar-refractivity contribution is -0.156. The van der Waals surface area contributed by atoms with E-state index in [1.54, 1.807) is 0 Å². The Bertz CT molecular complexity index is 194. The van der Waals surface area contributed by atoms with Crippen LogP contribution in [0.4, 0.5) is 0 Å². The largest absolute Gasteiger partial charge is 0.460 e. The molecule has 0 amide bonds. The van der Waals surface area contributed by atoms with Crippen molar-refractivity contribution >= 4 is 5.97 Å². The number of hydrogen-bond acceptors (Lipinski definition) is 3. The van der Waals surface area contributed by atoms with Gasteiger partial charge in [-0.15, -0.1) is 0 Å². The molecule has 0 radical (unpaired) electrons. The molecule has 0 aliphatic rings. The summed E-state index contributed by atoms with van der Waals surface area (Å²) in [6.07, 6.45) is 1.42. The lowest BCUT2D eigenvalue weighted by atomic mass is 9.94. The van der Waals surface area contributed by atoms with Crippen LogP contribution in [-0.4, -0.2) is 18.1 Å². The second kappa shape index (κ2) is 6.11. The van der Waals surface area contributed by atoms with Gasteiger partial charge in [-0.2, -0.15) is 0 Å². The van der Waals surface area contributed by atoms with E-state index in [0.29, 0.717) is 18.9 Å². The van der Waals surface area contributed by atoms with Gasteiger partial charge in [0.2, 0.25) is 0 Å². The molecule has 0 saturated heterocycles. The van der Waals surface area contributed by atoms with Crippen molar-refractivity contribution in [1.82, 2.24) is 0 Å². The van der Waals surface area contributed by atoms with Crippen LogP contribution in [-0.2, 0) is 9.53 Å². The summed E-state index contributed by atoms with van der Waals surface area (Å²) >= 11 is 0. The minimum Gasteiger partial charge on any atom is -0.460 e. The Morgan fingerprint density at radius 1 is 1.33 bits per heavy atom. The van der Waals surface area contributed by atoms with Crippen molar-refractivity contribution in [1.29, 1.82) is 0 Å². The number of nitrogens with two attached hydrogens (primary N) is 1. The van der Waals surface area contributed by atoms with Crippen LogP contribution in [0.5, 0.6) is 0 Å². The molecule has 0 rings (SSSR count). The number of carbonyl (C=O) groups excluding carboxylic acids is 1. The van der Waals surface area contributed by atoms with E-state index < -0.39 is 5.60 Å². The second-order valence-electron chi connectivity index (χ2n) is 5.52. The summed E-state index contributed by atoms with van der Waals surface area (Å²) in [7, 11) is 0. The fraction of sp³-hybridized carbons (Fsp3) is 0.917. The van der Waals surface area contributed by atoms with Crippen LogP contribution in [0.1, 0.15) is 47.5 Å². The Balaban J connectivity index is 4.02. The van der Waals surface area contributed by atoms with Crippen molar-refractivity contribution in [3.63, 3.8) is 0 Å². The molecular formula is C12H25NO2. The topological polar surface area (TPSA) is 52.3 Å². The van der Waals surface area contributed by atoms with E-state index in [-0.39, 0.29) is 11.9 Å². The Labute approximate surface area is 93.4 Å². The first kappa shape index (κ1) is 14.4. The van der Waals surface area contributed by atoms with Gasteiger partial charge in [-0.25, -0.2) is 0 Å². The van der Waals surface area contributed by atoms with Crippen molar-refractivity contribution in [2.24, 2.45) is 17.6 Å². The summed E-state index contributed by atoms with van der Waals surface area (Å²) in [5, 5.41) is 0. The van der Waals surface area contributed by atoms with Crippen LogP contribution in [0.3, 0.4) is 0 Å². The van der Waals surface area contributed by atoms with Crippen LogP contribution in [0, 0.1) is 11.8 Å². The van der Waals surface area contributed by atoms with E-state index in [0.717, 1.165) is 6.42 Å². The summed E-state index contributed by atoms with van der Waals surface area (Å²) in [6.45, 7) is 10.5. The van der Waals surface area contributed by atoms with Gasteiger partial charge >= 0.3 is 5.97 Å². The molecule has 90 valence electrons. The third-order valence-electron chi connectivity index (χ3n) is 2.01. The summed E-state index contributed by atoms with van der Waals surface area (Å²) in [5.74, 6) is 0.680. The molecule has 0 aliphatic carbocycles. The smallest absolute Gasteiger partial charge is 0.306 e. The molecule has 3 nitrogen and oxygen atoms in total. The monoisotopic (exact) mass is 215 g/mol. The van der Waals surface area contributed by atoms with Gasteiger partial charge in [0.1, 0.15) is 5.60 Å². The minimum absolute atomic E-state index is 0.140. The molecule has 3 heteroatoms. The van der Waals surface area contributed by atoms with Gasteiger partial charge in [-0.3, -0.25) is 4.79 Å². The third kappa shape index (κ3) is 8.43. The van der Waals surface area contributed by atoms with Gasteiger partial charge in [0.05, 0.1) is 0 Å². The van der Waals surface area contributed by atoms with Crippen molar-refractivity contribution in [2.45, 2.75) is 53.1 Å². The number of hydrogen-bond donors (Lipinski definition) is 1. The molecular weight excluding hydrogens is 190 g/mol. The molecule has 0 aromatic rings. The van der Waals surface area contributed by atoms with Crippen LogP contribution in [0.25, 0.3) is 0 Å². The molecule has 0 fully saturated rings. The zero-order valence-corrected chi connectivity index (χ0v) is 10.7. The first-order valence-corrected chi connectivity index (χ1v) is 5.66. The Morgan fingerprint density at radius 2 is 1.87 bits per heavy atom. The molecule has 2 N–H and O–H groups in total. The average Bonchev–Trinajstić information content (AvgIpc) is 1.98. The van der Waals surface area contributed by atoms with Crippen molar-refractivity contribution in [3.8, 4) is 0 Å². The van der Waals surface area contributed by atoms with Gasteiger partial charge in [0, 0.05) is 6.42 Å². The Hall–Kier alpha value is -0.570. The zero-order valence-electron chi connectivity index (χ0n) is 10.7. The molecule has 0 saturated carbocycles. The fourth-order valence-electron chi connectivity index (χ4n) is 1.55. The van der Waals surface area contributed by atoms with E-state index in [1.165, 1.54) is 0 Å². The van der Waals surface area contributed by atoms with Crippen LogP contribution >= 0.6 is 0 Å². The molecule has 1 atom stereocenters. The van der Waals surface area contributed by atoms with E-state index in [4.69, 9.17) is 10.5 Å². The van der Waals surface area contributed by atoms with E-state index >= 15 is 0 Å². The summed E-state index contributed by atoms with van der Waals surface area (Å²) in [4.78, 5) is 11.5. The van der Waals surface area contributed by atoms with Crippen LogP contribution < -0.4 is 5.73 Å². The highest BCUT2D eigenvalue weighted by Gasteiger charge is 2.20. The van der Waals surface area contributed by atoms with Crippen molar-refractivity contribution in [3.05, 3.63) is 0 Å². The number of carbonyl (C=O) groups is 1. The maximum Gasteiger partial charge on any atom is 0.306 e. The van der Waals surface area contributed by atoms with Gasteiger partial charge in [-0.1, -0.05) is 13.8 Å². The molecule has 0 bridgehead atoms. The quantitative estimate of drug-likeness (QED) is 0.716. The van der Waals surface area contributed by atoms with E-state index in [9.17, 15) is 4.79 Å². The molecule has 0 aliphatic heterocycles. The predicted molar refractivity (Wildman–Crippen MR) is 62.5 cm³/mol. The molecule has 0 aromatic carbocycles. The van der Waals surface area contributed by atoms with Crippen LogP contribution in [0.15, 0.2) is 0 Å². The van der Waals surface area contributed by atoms with Gasteiger partial charge in [-0.05, 0) is 45.6 Å². The Kier molecular flexibility index (Phi) is 5.88. The summed E-state index contributed by atoms with van der Waals surface area (Å²) in [6, 6.07) is 0. The fourth-order valence-corrected chi connectivity index (χ4v) is 1.55. The van der Waals surface area contributed by atoms with E-state index in [1.807, 2.05) is 20.8 Å². The molecule has 0 heterocycles. The van der Waals surface area contributed by atoms with Crippen molar-refractivity contribution in [2.75, 3.05) is 6.54 Å². The summed E-state index contributed by atoms with van der Waals surface area (Å²) < 4.78 is 5.26. The lowest BCUT2D eigenvalue weighted by Gasteiger charge is -2.22. The molecule has 0 aromatic heterocycles. The molecule has 1 unspecified atom stereocenters. The second-order valence-corrected chi connectivity index (χ2v) is 5.52. The first-order valence-electron chi connectivity index (χ1n) is 5.66. The lowest BCUT2D eigenvalue weighted by Crippen LogP contribution is -2.27.